The summed E-state index contributed by atoms with van der Waals surface area (Å²) in [5, 5.41) is 23.4. The molecule has 0 fully saturated rings. The van der Waals surface area contributed by atoms with Crippen LogP contribution in [-0.4, -0.2) is 29.1 Å². The quantitative estimate of drug-likeness (QED) is 0.358. The topological polar surface area (TPSA) is 151 Å². The Kier molecular flexibility index (Phi) is 4.80. The van der Waals surface area contributed by atoms with Crippen molar-refractivity contribution in [1.29, 1.82) is 5.26 Å². The van der Waals surface area contributed by atoms with Gasteiger partial charge in [0.1, 0.15) is 38.5 Å². The number of nitrogens with two attached hydrogens (primary N) is 2. The van der Waals surface area contributed by atoms with Crippen LogP contribution in [0.1, 0.15) is 21.7 Å². The zero-order chi connectivity index (χ0) is 20.5. The Bertz CT molecular complexity index is 1250. The molecule has 0 saturated carbocycles. The van der Waals surface area contributed by atoms with Crippen molar-refractivity contribution in [3.63, 3.8) is 0 Å². The Morgan fingerprint density at radius 2 is 2.17 bits per heavy atom. The van der Waals surface area contributed by atoms with Gasteiger partial charge in [-0.2, -0.15) is 5.26 Å². The van der Waals surface area contributed by atoms with Crippen LogP contribution in [0.15, 0.2) is 34.7 Å². The van der Waals surface area contributed by atoms with Gasteiger partial charge in [0.15, 0.2) is 0 Å². The highest BCUT2D eigenvalue weighted by atomic mass is 32.1. The summed E-state index contributed by atoms with van der Waals surface area (Å²) in [5.41, 5.74) is 13.2. The Labute approximate surface area is 169 Å². The standard InChI is InChI=1S/C20H17N5O3S/c21-9-11-14(13-8-10-4-1-2-5-12(10)28-13)15-16(22)17(18(23)27)29-20(15)25-19(11)24-6-3-7-26/h1-2,4-5,8,26H,3,6-7,22H2,(H2,23,27)(H,24,25). The molecule has 6 N–H and O–H groups in total. The zero-order valence-electron chi connectivity index (χ0n) is 15.2. The SMILES string of the molecule is N#Cc1c(NCCCO)nc2sc(C(N)=O)c(N)c2c1-c1cc2ccccc2o1. The highest BCUT2D eigenvalue weighted by molar-refractivity contribution is 7.21. The van der Waals surface area contributed by atoms with Gasteiger partial charge in [0, 0.05) is 23.9 Å². The van der Waals surface area contributed by atoms with Crippen LogP contribution in [-0.2, 0) is 0 Å². The molecule has 3 aromatic heterocycles. The summed E-state index contributed by atoms with van der Waals surface area (Å²) in [6.07, 6.45) is 0.490. The summed E-state index contributed by atoms with van der Waals surface area (Å²) in [5.74, 6) is 0.122. The van der Waals surface area contributed by atoms with Crippen molar-refractivity contribution in [1.82, 2.24) is 4.98 Å². The molecule has 0 aliphatic heterocycles. The monoisotopic (exact) mass is 407 g/mol. The van der Waals surface area contributed by atoms with Crippen molar-refractivity contribution in [2.24, 2.45) is 5.73 Å². The molecule has 0 aliphatic rings. The summed E-state index contributed by atoms with van der Waals surface area (Å²) in [7, 11) is 0. The van der Waals surface area contributed by atoms with E-state index in [0.717, 1.165) is 16.7 Å². The van der Waals surface area contributed by atoms with Crippen molar-refractivity contribution in [2.45, 2.75) is 6.42 Å². The van der Waals surface area contributed by atoms with Gasteiger partial charge < -0.3 is 26.3 Å². The minimum Gasteiger partial charge on any atom is -0.456 e. The fraction of sp³-hybridized carbons (Fsp3) is 0.150. The van der Waals surface area contributed by atoms with Crippen LogP contribution < -0.4 is 16.8 Å². The molecule has 3 heterocycles. The van der Waals surface area contributed by atoms with Crippen LogP contribution in [0.25, 0.3) is 32.5 Å². The molecule has 0 bridgehead atoms. The van der Waals surface area contributed by atoms with E-state index in [1.165, 1.54) is 0 Å². The molecule has 0 radical (unpaired) electrons. The number of thiophene rings is 1. The number of nitrogens with zero attached hydrogens (tertiary/aromatic N) is 2. The number of primary amides is 1. The van der Waals surface area contributed by atoms with Crippen LogP contribution >= 0.6 is 11.3 Å². The largest absolute Gasteiger partial charge is 0.456 e. The molecule has 0 unspecified atom stereocenters. The number of pyridine rings is 1. The molecule has 9 heteroatoms. The molecule has 0 spiro atoms. The lowest BCUT2D eigenvalue weighted by molar-refractivity contribution is 0.100. The number of fused-ring (bicyclic) bond motifs is 2. The Morgan fingerprint density at radius 1 is 1.38 bits per heavy atom. The first kappa shape index (κ1) is 18.7. The highest BCUT2D eigenvalue weighted by Crippen LogP contribution is 2.44. The number of carbonyl (C=O) groups is 1. The maximum Gasteiger partial charge on any atom is 0.260 e. The second-order valence-electron chi connectivity index (χ2n) is 6.36. The Hall–Kier alpha value is -3.61. The van der Waals surface area contributed by atoms with Gasteiger partial charge in [-0.25, -0.2) is 4.98 Å². The number of anilines is 2. The van der Waals surface area contributed by atoms with Crippen molar-refractivity contribution >= 4 is 49.9 Å². The lowest BCUT2D eigenvalue weighted by atomic mass is 10.0. The van der Waals surface area contributed by atoms with Crippen LogP contribution in [0, 0.1) is 11.3 Å². The number of para-hydroxylation sites is 1. The van der Waals surface area contributed by atoms with Crippen molar-refractivity contribution in [2.75, 3.05) is 24.2 Å². The molecule has 0 saturated heterocycles. The van der Waals surface area contributed by atoms with E-state index in [0.29, 0.717) is 45.9 Å². The van der Waals surface area contributed by atoms with Crippen molar-refractivity contribution in [3.05, 3.63) is 40.8 Å². The second-order valence-corrected chi connectivity index (χ2v) is 7.36. The predicted octanol–water partition coefficient (Wildman–Crippen LogP) is 3.06. The third-order valence-electron chi connectivity index (χ3n) is 4.51. The lowest BCUT2D eigenvalue weighted by Gasteiger charge is -2.11. The molecule has 0 atom stereocenters. The summed E-state index contributed by atoms with van der Waals surface area (Å²) in [6, 6.07) is 11.5. The number of rotatable bonds is 6. The number of nitriles is 1. The van der Waals surface area contributed by atoms with E-state index in [4.69, 9.17) is 21.0 Å². The van der Waals surface area contributed by atoms with Crippen molar-refractivity contribution < 1.29 is 14.3 Å². The first-order valence-corrected chi connectivity index (χ1v) is 9.66. The molecular weight excluding hydrogens is 390 g/mol. The van der Waals surface area contributed by atoms with Gasteiger partial charge >= 0.3 is 0 Å². The zero-order valence-corrected chi connectivity index (χ0v) is 16.0. The van der Waals surface area contributed by atoms with E-state index in [1.54, 1.807) is 0 Å². The van der Waals surface area contributed by atoms with Gasteiger partial charge in [-0.05, 0) is 18.6 Å². The van der Waals surface area contributed by atoms with Gasteiger partial charge in [0.2, 0.25) is 0 Å². The number of hydrogen-bond donors (Lipinski definition) is 4. The fourth-order valence-electron chi connectivity index (χ4n) is 3.21. The summed E-state index contributed by atoms with van der Waals surface area (Å²) < 4.78 is 6.00. The van der Waals surface area contributed by atoms with Crippen LogP contribution in [0.3, 0.4) is 0 Å². The number of hydrogen-bond acceptors (Lipinski definition) is 8. The molecule has 146 valence electrons. The van der Waals surface area contributed by atoms with E-state index in [-0.39, 0.29) is 22.7 Å². The minimum atomic E-state index is -0.658. The number of nitrogens with one attached hydrogen (secondary N) is 1. The average Bonchev–Trinajstić information content (AvgIpc) is 3.28. The molecular formula is C20H17N5O3S. The van der Waals surface area contributed by atoms with E-state index in [1.807, 2.05) is 30.3 Å². The summed E-state index contributed by atoms with van der Waals surface area (Å²) in [4.78, 5) is 17.0. The van der Waals surface area contributed by atoms with E-state index >= 15 is 0 Å². The molecule has 4 aromatic rings. The third-order valence-corrected chi connectivity index (χ3v) is 5.63. The third kappa shape index (κ3) is 3.14. The van der Waals surface area contributed by atoms with Gasteiger partial charge in [0.05, 0.1) is 11.3 Å². The number of benzene rings is 1. The predicted molar refractivity (Wildman–Crippen MR) is 113 cm³/mol. The van der Waals surface area contributed by atoms with Gasteiger partial charge in [-0.3, -0.25) is 4.79 Å². The Morgan fingerprint density at radius 3 is 2.86 bits per heavy atom. The van der Waals surface area contributed by atoms with E-state index in [2.05, 4.69) is 16.4 Å². The van der Waals surface area contributed by atoms with Crippen LogP contribution in [0.4, 0.5) is 11.5 Å². The molecule has 4 rings (SSSR count). The first-order valence-electron chi connectivity index (χ1n) is 8.84. The average molecular weight is 407 g/mol. The summed E-state index contributed by atoms with van der Waals surface area (Å²) >= 11 is 1.07. The smallest absolute Gasteiger partial charge is 0.260 e. The number of aliphatic hydroxyl groups excluding tert-OH is 1. The molecule has 8 nitrogen and oxygen atoms in total. The normalized spacial score (nSPS) is 11.0. The molecule has 1 amide bonds. The number of furan rings is 1. The number of aromatic nitrogens is 1. The van der Waals surface area contributed by atoms with Crippen LogP contribution in [0.2, 0.25) is 0 Å². The number of nitrogen functional groups attached to an aromatic ring is 1. The number of aliphatic hydroxyl groups is 1. The van der Waals surface area contributed by atoms with E-state index < -0.39 is 5.91 Å². The maximum absolute atomic E-state index is 11.8. The molecule has 0 aliphatic carbocycles. The van der Waals surface area contributed by atoms with Crippen LogP contribution in [0.5, 0.6) is 0 Å². The lowest BCUT2D eigenvalue weighted by Crippen LogP contribution is -2.10. The summed E-state index contributed by atoms with van der Waals surface area (Å²) in [6.45, 7) is 0.429. The van der Waals surface area contributed by atoms with E-state index in [9.17, 15) is 10.1 Å². The number of amides is 1. The van der Waals surface area contributed by atoms with Gasteiger partial charge in [-0.15, -0.1) is 11.3 Å². The fourth-order valence-corrected chi connectivity index (χ4v) is 4.17. The Balaban J connectivity index is 2.05. The maximum atomic E-state index is 11.8. The molecule has 29 heavy (non-hydrogen) atoms. The van der Waals surface area contributed by atoms with Gasteiger partial charge in [0.25, 0.3) is 5.91 Å². The van der Waals surface area contributed by atoms with Gasteiger partial charge in [-0.1, -0.05) is 18.2 Å². The number of carbonyl (C=O) groups excluding carboxylic acids is 1. The highest BCUT2D eigenvalue weighted by Gasteiger charge is 2.25. The minimum absolute atomic E-state index is 0.00529. The second kappa shape index (κ2) is 7.43. The first-order chi connectivity index (χ1) is 14.0. The molecule has 1 aromatic carbocycles. The van der Waals surface area contributed by atoms with Crippen molar-refractivity contribution in [3.8, 4) is 17.4 Å².